The van der Waals surface area contributed by atoms with E-state index in [0.29, 0.717) is 6.04 Å². The Balaban J connectivity index is 2.05. The number of benzene rings is 1. The summed E-state index contributed by atoms with van der Waals surface area (Å²) in [6, 6.07) is 6.64. The number of nitrogens with zero attached hydrogens (tertiary/aromatic N) is 2. The van der Waals surface area contributed by atoms with E-state index in [2.05, 4.69) is 30.0 Å². The number of Topliss-reactive ketones (excluding diaryl/α,β-unsaturated/α-hetero) is 1. The molecule has 1 aliphatic heterocycles. The lowest BCUT2D eigenvalue weighted by Crippen LogP contribution is -2.43. The lowest BCUT2D eigenvalue weighted by molar-refractivity contribution is 0.0842. The molecule has 0 bridgehead atoms. The normalized spacial score (nSPS) is 21.0. The molecule has 1 aromatic carbocycles. The summed E-state index contributed by atoms with van der Waals surface area (Å²) >= 11 is 0. The average molecular weight is 288 g/mol. The van der Waals surface area contributed by atoms with E-state index in [1.165, 1.54) is 19.4 Å². The van der Waals surface area contributed by atoms with Crippen LogP contribution in [0.25, 0.3) is 0 Å². The molecule has 1 aliphatic rings. The minimum absolute atomic E-state index is 0.0699. The molecule has 2 atom stereocenters. The van der Waals surface area contributed by atoms with Crippen molar-refractivity contribution >= 4 is 5.78 Å². The second kappa shape index (κ2) is 6.71. The van der Waals surface area contributed by atoms with Crippen LogP contribution in [0.2, 0.25) is 0 Å². The zero-order valence-electron chi connectivity index (χ0n) is 14.0. The summed E-state index contributed by atoms with van der Waals surface area (Å²) in [4.78, 5) is 17.4. The first-order chi connectivity index (χ1) is 9.90. The van der Waals surface area contributed by atoms with Crippen LogP contribution < -0.4 is 0 Å². The zero-order chi connectivity index (χ0) is 15.6. The summed E-state index contributed by atoms with van der Waals surface area (Å²) in [5.74, 6) is 0.236. The van der Waals surface area contributed by atoms with Crippen molar-refractivity contribution in [1.82, 2.24) is 9.80 Å². The first-order valence-electron chi connectivity index (χ1n) is 7.92. The van der Waals surface area contributed by atoms with Gasteiger partial charge in [-0.3, -0.25) is 9.69 Å². The van der Waals surface area contributed by atoms with Crippen LogP contribution in [0.5, 0.6) is 0 Å². The van der Waals surface area contributed by atoms with E-state index in [1.54, 1.807) is 0 Å². The van der Waals surface area contributed by atoms with Crippen molar-refractivity contribution in [3.63, 3.8) is 0 Å². The van der Waals surface area contributed by atoms with Crippen LogP contribution >= 0.6 is 0 Å². The highest BCUT2D eigenvalue weighted by atomic mass is 16.1. The van der Waals surface area contributed by atoms with Crippen LogP contribution in [0.1, 0.15) is 41.3 Å². The Bertz CT molecular complexity index is 512. The van der Waals surface area contributed by atoms with E-state index < -0.39 is 0 Å². The average Bonchev–Trinajstić information content (AvgIpc) is 2.85. The zero-order valence-corrected chi connectivity index (χ0v) is 14.0. The Labute approximate surface area is 128 Å². The molecule has 0 spiro atoms. The fourth-order valence-electron chi connectivity index (χ4n) is 3.13. The molecule has 1 aromatic rings. The van der Waals surface area contributed by atoms with Crippen molar-refractivity contribution < 1.29 is 4.79 Å². The molecular weight excluding hydrogens is 260 g/mol. The van der Waals surface area contributed by atoms with Crippen molar-refractivity contribution in [2.75, 3.05) is 27.2 Å². The number of rotatable bonds is 5. The van der Waals surface area contributed by atoms with Gasteiger partial charge in [0.1, 0.15) is 0 Å². The van der Waals surface area contributed by atoms with E-state index in [1.807, 2.05) is 32.9 Å². The summed E-state index contributed by atoms with van der Waals surface area (Å²) in [6.45, 7) is 8.23. The lowest BCUT2D eigenvalue weighted by Gasteiger charge is -2.29. The molecule has 3 nitrogen and oxygen atoms in total. The molecule has 0 radical (unpaired) electrons. The standard InChI is InChI=1S/C18H28N2O/c1-13-8-9-14(2)17(11-13)18(21)15(3)20(5)12-16-7-6-10-19(16)4/h8-9,11,15-16H,6-7,10,12H2,1-5H3. The Kier molecular flexibility index (Phi) is 5.17. The van der Waals surface area contributed by atoms with Crippen LogP contribution in [-0.2, 0) is 0 Å². The van der Waals surface area contributed by atoms with Gasteiger partial charge in [0.25, 0.3) is 0 Å². The van der Waals surface area contributed by atoms with E-state index in [9.17, 15) is 4.79 Å². The third-order valence-corrected chi connectivity index (χ3v) is 4.87. The maximum Gasteiger partial charge on any atom is 0.179 e. The summed E-state index contributed by atoms with van der Waals surface area (Å²) in [6.07, 6.45) is 2.51. The number of ketones is 1. The number of likely N-dealkylation sites (tertiary alicyclic amines) is 1. The number of hydrogen-bond donors (Lipinski definition) is 0. The predicted octanol–water partition coefficient (Wildman–Crippen LogP) is 2.90. The van der Waals surface area contributed by atoms with Crippen LogP contribution in [0.3, 0.4) is 0 Å². The van der Waals surface area contributed by atoms with Crippen LogP contribution in [0.15, 0.2) is 18.2 Å². The number of aryl methyl sites for hydroxylation is 2. The van der Waals surface area contributed by atoms with Crippen molar-refractivity contribution in [1.29, 1.82) is 0 Å². The van der Waals surface area contributed by atoms with Gasteiger partial charge in [-0.2, -0.15) is 0 Å². The highest BCUT2D eigenvalue weighted by Crippen LogP contribution is 2.19. The van der Waals surface area contributed by atoms with Gasteiger partial charge in [0.05, 0.1) is 6.04 Å². The van der Waals surface area contributed by atoms with Crippen molar-refractivity contribution in [3.8, 4) is 0 Å². The molecule has 0 aromatic heterocycles. The number of likely N-dealkylation sites (N-methyl/N-ethyl adjacent to an activating group) is 2. The van der Waals surface area contributed by atoms with Gasteiger partial charge in [0.2, 0.25) is 0 Å². The fraction of sp³-hybridized carbons (Fsp3) is 0.611. The van der Waals surface area contributed by atoms with Gasteiger partial charge in [-0.05, 0) is 65.9 Å². The molecule has 116 valence electrons. The molecule has 1 saturated heterocycles. The van der Waals surface area contributed by atoms with Gasteiger partial charge < -0.3 is 4.90 Å². The fourth-order valence-corrected chi connectivity index (χ4v) is 3.13. The van der Waals surface area contributed by atoms with Crippen LogP contribution in [0, 0.1) is 13.8 Å². The first kappa shape index (κ1) is 16.2. The Morgan fingerprint density at radius 2 is 2.14 bits per heavy atom. The smallest absolute Gasteiger partial charge is 0.179 e. The molecule has 0 aliphatic carbocycles. The van der Waals surface area contributed by atoms with E-state index in [-0.39, 0.29) is 11.8 Å². The van der Waals surface area contributed by atoms with Crippen molar-refractivity contribution in [2.45, 2.75) is 45.7 Å². The summed E-state index contributed by atoms with van der Waals surface area (Å²) in [5, 5.41) is 0. The highest BCUT2D eigenvalue weighted by Gasteiger charge is 2.27. The predicted molar refractivity (Wildman–Crippen MR) is 88.0 cm³/mol. The molecule has 1 fully saturated rings. The minimum Gasteiger partial charge on any atom is -0.302 e. The SMILES string of the molecule is Cc1ccc(C)c(C(=O)C(C)N(C)CC2CCCN2C)c1. The second-order valence-electron chi connectivity index (χ2n) is 6.57. The molecule has 3 heteroatoms. The second-order valence-corrected chi connectivity index (χ2v) is 6.57. The van der Waals surface area contributed by atoms with Gasteiger partial charge in [0, 0.05) is 18.2 Å². The molecular formula is C18H28N2O. The Hall–Kier alpha value is -1.19. The lowest BCUT2D eigenvalue weighted by atomic mass is 9.97. The minimum atomic E-state index is -0.0699. The van der Waals surface area contributed by atoms with Crippen molar-refractivity contribution in [2.24, 2.45) is 0 Å². The van der Waals surface area contributed by atoms with E-state index in [4.69, 9.17) is 0 Å². The molecule has 21 heavy (non-hydrogen) atoms. The Morgan fingerprint density at radius 3 is 2.76 bits per heavy atom. The third-order valence-electron chi connectivity index (χ3n) is 4.87. The molecule has 2 unspecified atom stereocenters. The van der Waals surface area contributed by atoms with Crippen LogP contribution in [0.4, 0.5) is 0 Å². The topological polar surface area (TPSA) is 23.6 Å². The third kappa shape index (κ3) is 3.72. The largest absolute Gasteiger partial charge is 0.302 e. The summed E-state index contributed by atoms with van der Waals surface area (Å²) < 4.78 is 0. The van der Waals surface area contributed by atoms with Gasteiger partial charge in [0.15, 0.2) is 5.78 Å². The van der Waals surface area contributed by atoms with Crippen LogP contribution in [-0.4, -0.2) is 54.9 Å². The maximum atomic E-state index is 12.8. The number of hydrogen-bond acceptors (Lipinski definition) is 3. The highest BCUT2D eigenvalue weighted by molar-refractivity contribution is 6.01. The monoisotopic (exact) mass is 288 g/mol. The van der Waals surface area contributed by atoms with Gasteiger partial charge in [-0.15, -0.1) is 0 Å². The summed E-state index contributed by atoms with van der Waals surface area (Å²) in [7, 11) is 4.25. The molecule has 0 N–H and O–H groups in total. The number of carbonyl (C=O) groups is 1. The quantitative estimate of drug-likeness (QED) is 0.778. The van der Waals surface area contributed by atoms with Crippen molar-refractivity contribution in [3.05, 3.63) is 34.9 Å². The van der Waals surface area contributed by atoms with Gasteiger partial charge in [-0.1, -0.05) is 17.7 Å². The maximum absolute atomic E-state index is 12.8. The van der Waals surface area contributed by atoms with Gasteiger partial charge in [-0.25, -0.2) is 0 Å². The van der Waals surface area contributed by atoms with Gasteiger partial charge >= 0.3 is 0 Å². The number of carbonyl (C=O) groups excluding carboxylic acids is 1. The first-order valence-corrected chi connectivity index (χ1v) is 7.92. The van der Waals surface area contributed by atoms with E-state index in [0.717, 1.165) is 23.2 Å². The molecule has 0 amide bonds. The molecule has 1 heterocycles. The Morgan fingerprint density at radius 1 is 1.43 bits per heavy atom. The summed E-state index contributed by atoms with van der Waals surface area (Å²) in [5.41, 5.74) is 3.09. The molecule has 0 saturated carbocycles. The van der Waals surface area contributed by atoms with E-state index >= 15 is 0 Å². The molecule has 2 rings (SSSR count).